The van der Waals surface area contributed by atoms with Gasteiger partial charge in [0, 0.05) is 24.0 Å². The fraction of sp³-hybridized carbons (Fsp3) is 0.368. The Labute approximate surface area is 157 Å². The van der Waals surface area contributed by atoms with Crippen molar-refractivity contribution in [2.24, 2.45) is 10.8 Å². The second-order valence-corrected chi connectivity index (χ2v) is 6.11. The quantitative estimate of drug-likeness (QED) is 0.266. The van der Waals surface area contributed by atoms with Gasteiger partial charge >= 0.3 is 6.18 Å². The van der Waals surface area contributed by atoms with E-state index in [1.807, 2.05) is 13.0 Å². The number of nitrogens with two attached hydrogens (primary N) is 1. The second-order valence-electron chi connectivity index (χ2n) is 6.11. The number of hydrogen-bond acceptors (Lipinski definition) is 4. The molecule has 0 aliphatic carbocycles. The van der Waals surface area contributed by atoms with Crippen molar-refractivity contribution in [3.05, 3.63) is 66.6 Å². The van der Waals surface area contributed by atoms with Crippen LogP contribution in [0.2, 0.25) is 0 Å². The fourth-order valence-electron chi connectivity index (χ4n) is 2.03. The zero-order valence-electron chi connectivity index (χ0n) is 15.7. The third-order valence-corrected chi connectivity index (χ3v) is 3.61. The number of aliphatic imine (C=N–C) groups is 1. The molecule has 0 radical (unpaired) electrons. The Bertz CT molecular complexity index is 726. The van der Waals surface area contributed by atoms with E-state index in [1.165, 1.54) is 11.2 Å². The molecular weight excluding hydrogens is 355 g/mol. The summed E-state index contributed by atoms with van der Waals surface area (Å²) >= 11 is 0. The van der Waals surface area contributed by atoms with Crippen molar-refractivity contribution in [3.63, 3.8) is 0 Å². The van der Waals surface area contributed by atoms with Crippen LogP contribution in [-0.4, -0.2) is 26.9 Å². The van der Waals surface area contributed by atoms with Crippen LogP contribution in [0.25, 0.3) is 0 Å². The van der Waals surface area contributed by atoms with E-state index >= 15 is 0 Å². The summed E-state index contributed by atoms with van der Waals surface area (Å²) in [6.07, 6.45) is 3.80. The van der Waals surface area contributed by atoms with Crippen LogP contribution in [0.1, 0.15) is 37.7 Å². The standard InChI is InChI=1S/C19H26F3N5/c1-5-17(11-24-14(2)9-10-19(20,21)22)8-6-7-15(3)27(23)13-18-12-25-16(4)26-18/h5-7,11-12H,1,3,8-10,13,23H2,2,4H3,(H,25,26)/b7-6-,17-11+,24-14+. The van der Waals surface area contributed by atoms with E-state index in [2.05, 4.69) is 28.1 Å². The molecule has 8 heteroatoms. The molecule has 0 spiro atoms. The molecule has 3 N–H and O–H groups in total. The summed E-state index contributed by atoms with van der Waals surface area (Å²) in [4.78, 5) is 11.3. The lowest BCUT2D eigenvalue weighted by molar-refractivity contribution is -0.132. The Kier molecular flexibility index (Phi) is 8.74. The molecule has 0 aromatic carbocycles. The summed E-state index contributed by atoms with van der Waals surface area (Å²) in [5, 5.41) is 1.49. The minimum absolute atomic E-state index is 0.119. The summed E-state index contributed by atoms with van der Waals surface area (Å²) in [5.74, 6) is 6.77. The second kappa shape index (κ2) is 10.5. The summed E-state index contributed by atoms with van der Waals surface area (Å²) < 4.78 is 36.6. The number of imidazole rings is 1. The van der Waals surface area contributed by atoms with Crippen LogP contribution < -0.4 is 5.84 Å². The largest absolute Gasteiger partial charge is 0.389 e. The van der Waals surface area contributed by atoms with Gasteiger partial charge in [0.25, 0.3) is 0 Å². The van der Waals surface area contributed by atoms with Gasteiger partial charge in [-0.2, -0.15) is 13.2 Å². The molecule has 0 saturated heterocycles. The zero-order valence-corrected chi connectivity index (χ0v) is 15.7. The van der Waals surface area contributed by atoms with Gasteiger partial charge in [-0.15, -0.1) is 0 Å². The lowest BCUT2D eigenvalue weighted by Crippen LogP contribution is -2.28. The molecule has 0 unspecified atom stereocenters. The van der Waals surface area contributed by atoms with Gasteiger partial charge in [0.05, 0.1) is 18.4 Å². The van der Waals surface area contributed by atoms with Crippen LogP contribution in [-0.2, 0) is 6.54 Å². The first-order valence-corrected chi connectivity index (χ1v) is 8.40. The Balaban J connectivity index is 2.54. The summed E-state index contributed by atoms with van der Waals surface area (Å²) in [5.41, 5.74) is 2.68. The predicted molar refractivity (Wildman–Crippen MR) is 103 cm³/mol. The van der Waals surface area contributed by atoms with Crippen LogP contribution >= 0.6 is 0 Å². The van der Waals surface area contributed by atoms with Gasteiger partial charge in [-0.05, 0) is 38.3 Å². The number of aromatic amines is 1. The minimum Gasteiger partial charge on any atom is -0.345 e. The molecule has 0 aliphatic heterocycles. The number of nitrogens with one attached hydrogen (secondary N) is 1. The lowest BCUT2D eigenvalue weighted by atomic mass is 10.2. The molecule has 0 atom stereocenters. The monoisotopic (exact) mass is 381 g/mol. The van der Waals surface area contributed by atoms with Gasteiger partial charge in [0.1, 0.15) is 5.82 Å². The van der Waals surface area contributed by atoms with E-state index in [1.54, 1.807) is 25.3 Å². The van der Waals surface area contributed by atoms with E-state index < -0.39 is 12.6 Å². The van der Waals surface area contributed by atoms with E-state index in [0.29, 0.717) is 24.4 Å². The van der Waals surface area contributed by atoms with Gasteiger partial charge < -0.3 is 9.99 Å². The summed E-state index contributed by atoms with van der Waals surface area (Å²) in [7, 11) is 0. The first kappa shape index (κ1) is 22.4. The van der Waals surface area contributed by atoms with Gasteiger partial charge in [-0.25, -0.2) is 10.8 Å². The highest BCUT2D eigenvalue weighted by atomic mass is 19.4. The maximum absolute atomic E-state index is 12.2. The Morgan fingerprint density at radius 3 is 2.70 bits per heavy atom. The number of H-pyrrole nitrogens is 1. The zero-order chi connectivity index (χ0) is 20.4. The van der Waals surface area contributed by atoms with Gasteiger partial charge in [0.2, 0.25) is 0 Å². The number of halogens is 3. The van der Waals surface area contributed by atoms with Crippen molar-refractivity contribution in [1.82, 2.24) is 15.0 Å². The number of allylic oxidation sites excluding steroid dienone is 4. The molecule has 0 aliphatic rings. The number of hydrogen-bond donors (Lipinski definition) is 2. The molecule has 1 aromatic heterocycles. The molecule has 0 amide bonds. The maximum atomic E-state index is 12.2. The highest BCUT2D eigenvalue weighted by Crippen LogP contribution is 2.21. The molecule has 1 aromatic rings. The minimum atomic E-state index is -4.17. The van der Waals surface area contributed by atoms with Crippen LogP contribution in [0.5, 0.6) is 0 Å². The Morgan fingerprint density at radius 1 is 1.44 bits per heavy atom. The van der Waals surface area contributed by atoms with Crippen molar-refractivity contribution in [1.29, 1.82) is 0 Å². The molecule has 0 fully saturated rings. The van der Waals surface area contributed by atoms with E-state index in [-0.39, 0.29) is 6.42 Å². The lowest BCUT2D eigenvalue weighted by Gasteiger charge is -2.17. The number of rotatable bonds is 10. The van der Waals surface area contributed by atoms with E-state index in [9.17, 15) is 13.2 Å². The van der Waals surface area contributed by atoms with Crippen LogP contribution in [0.15, 0.2) is 60.0 Å². The van der Waals surface area contributed by atoms with Crippen molar-refractivity contribution in [3.8, 4) is 0 Å². The SMILES string of the molecule is C=C/C(=C\N=C(/C)CCC(F)(F)F)C/C=C\C(=C)N(N)Cc1cnc(C)[nH]1. The van der Waals surface area contributed by atoms with Crippen molar-refractivity contribution in [2.45, 2.75) is 45.8 Å². The van der Waals surface area contributed by atoms with Crippen LogP contribution in [0.4, 0.5) is 13.2 Å². The van der Waals surface area contributed by atoms with Crippen molar-refractivity contribution >= 4 is 5.71 Å². The van der Waals surface area contributed by atoms with Crippen molar-refractivity contribution in [2.75, 3.05) is 0 Å². The van der Waals surface area contributed by atoms with Crippen LogP contribution in [0.3, 0.4) is 0 Å². The highest BCUT2D eigenvalue weighted by molar-refractivity contribution is 5.82. The Morgan fingerprint density at radius 2 is 2.15 bits per heavy atom. The average Bonchev–Trinajstić information content (AvgIpc) is 2.99. The molecule has 1 heterocycles. The molecular formula is C19H26F3N5. The highest BCUT2D eigenvalue weighted by Gasteiger charge is 2.26. The third kappa shape index (κ3) is 9.60. The summed E-state index contributed by atoms with van der Waals surface area (Å²) in [6, 6.07) is 0. The molecule has 5 nitrogen and oxygen atoms in total. The van der Waals surface area contributed by atoms with E-state index in [4.69, 9.17) is 5.84 Å². The number of hydrazine groups is 1. The molecule has 148 valence electrons. The van der Waals surface area contributed by atoms with Gasteiger partial charge in [-0.1, -0.05) is 25.3 Å². The van der Waals surface area contributed by atoms with Crippen LogP contribution in [0, 0.1) is 6.92 Å². The van der Waals surface area contributed by atoms with E-state index in [0.717, 1.165) is 17.1 Å². The maximum Gasteiger partial charge on any atom is 0.389 e. The molecule has 1 rings (SSSR count). The molecule has 0 saturated carbocycles. The third-order valence-electron chi connectivity index (χ3n) is 3.61. The number of nitrogens with zero attached hydrogens (tertiary/aromatic N) is 3. The predicted octanol–water partition coefficient (Wildman–Crippen LogP) is 4.73. The molecule has 27 heavy (non-hydrogen) atoms. The first-order valence-electron chi connectivity index (χ1n) is 8.40. The molecule has 0 bridgehead atoms. The smallest absolute Gasteiger partial charge is 0.345 e. The van der Waals surface area contributed by atoms with Crippen molar-refractivity contribution < 1.29 is 13.2 Å². The normalized spacial score (nSPS) is 13.3. The average molecular weight is 381 g/mol. The fourth-order valence-corrected chi connectivity index (χ4v) is 2.03. The Hall–Kier alpha value is -2.61. The number of aromatic nitrogens is 2. The number of alkyl halides is 3. The number of aryl methyl sites for hydroxylation is 1. The van der Waals surface area contributed by atoms with Gasteiger partial charge in [-0.3, -0.25) is 4.99 Å². The van der Waals surface area contributed by atoms with Gasteiger partial charge in [0.15, 0.2) is 0 Å². The summed E-state index contributed by atoms with van der Waals surface area (Å²) in [6.45, 7) is 11.5. The first-order chi connectivity index (χ1) is 12.6. The topological polar surface area (TPSA) is 70.3 Å².